The standard InChI is InChI=1S/C22H22F3N3O9S/c1-9-13(26-5-4-14(9)35-8-22(23,24)25)7-38(34)21-27-11-3-2-10(6-12(11)28-21)36-20-17(31)15(29)16(30)18(37-20)19(32)33/h2-6,15-18,20,29-31H,7-8H2,1H3,(H,27,28)(H,32,33)/t15-,16-,17+,18-,20+,38?/m0/s1. The van der Waals surface area contributed by atoms with Crippen molar-refractivity contribution in [2.75, 3.05) is 6.61 Å². The molecular weight excluding hydrogens is 539 g/mol. The quantitative estimate of drug-likeness (QED) is 0.262. The first-order valence-electron chi connectivity index (χ1n) is 11.0. The number of alkyl halides is 3. The maximum Gasteiger partial charge on any atom is 0.422 e. The number of pyridine rings is 1. The van der Waals surface area contributed by atoms with Crippen LogP contribution in [0, 0.1) is 6.92 Å². The lowest BCUT2D eigenvalue weighted by Gasteiger charge is -2.38. The van der Waals surface area contributed by atoms with Crippen LogP contribution in [-0.4, -0.2) is 89.0 Å². The fraction of sp³-hybridized carbons (Fsp3) is 0.409. The van der Waals surface area contributed by atoms with Crippen LogP contribution < -0.4 is 9.47 Å². The Morgan fingerprint density at radius 1 is 1.18 bits per heavy atom. The summed E-state index contributed by atoms with van der Waals surface area (Å²) in [5.41, 5.74) is 1.27. The van der Waals surface area contributed by atoms with Gasteiger partial charge in [0.2, 0.25) is 6.29 Å². The number of carboxylic acids is 1. The Morgan fingerprint density at radius 2 is 1.92 bits per heavy atom. The van der Waals surface area contributed by atoms with E-state index in [-0.39, 0.29) is 28.1 Å². The van der Waals surface area contributed by atoms with Gasteiger partial charge in [-0.3, -0.25) is 9.19 Å². The third-order valence-corrected chi connectivity index (χ3v) is 6.79. The van der Waals surface area contributed by atoms with Crippen molar-refractivity contribution in [1.82, 2.24) is 15.0 Å². The number of aromatic nitrogens is 3. The zero-order valence-electron chi connectivity index (χ0n) is 19.5. The summed E-state index contributed by atoms with van der Waals surface area (Å²) < 4.78 is 65.8. The topological polar surface area (TPSA) is 184 Å². The molecule has 3 heterocycles. The number of carboxylic acid groups (broad SMARTS) is 1. The number of hydrogen-bond acceptors (Lipinski definition) is 10. The van der Waals surface area contributed by atoms with Gasteiger partial charge in [0.1, 0.15) is 29.8 Å². The second-order valence-corrected chi connectivity index (χ2v) is 9.71. The minimum Gasteiger partial charge on any atom is -0.484 e. The number of benzene rings is 1. The van der Waals surface area contributed by atoms with Crippen molar-refractivity contribution in [3.63, 3.8) is 0 Å². The van der Waals surface area contributed by atoms with Crippen LogP contribution >= 0.6 is 0 Å². The summed E-state index contributed by atoms with van der Waals surface area (Å²) in [6, 6.07) is 5.57. The Bertz CT molecular complexity index is 1350. The van der Waals surface area contributed by atoms with Crippen LogP contribution in [0.5, 0.6) is 11.5 Å². The molecule has 0 amide bonds. The van der Waals surface area contributed by atoms with Gasteiger partial charge in [0.25, 0.3) is 0 Å². The van der Waals surface area contributed by atoms with Crippen molar-refractivity contribution in [3.8, 4) is 11.5 Å². The molecule has 16 heteroatoms. The van der Waals surface area contributed by atoms with E-state index in [1.807, 2.05) is 0 Å². The first-order valence-corrected chi connectivity index (χ1v) is 12.3. The number of imidazole rings is 1. The van der Waals surface area contributed by atoms with Gasteiger partial charge < -0.3 is 39.6 Å². The minimum absolute atomic E-state index is 0.0365. The number of halogens is 3. The SMILES string of the molecule is Cc1c(OCC(F)(F)F)ccnc1CS(=O)c1nc2ccc(O[C@@H]3O[C@H](C(=O)O)[C@@H](O)[C@H](O)[C@H]3O)cc2[nH]1. The van der Waals surface area contributed by atoms with E-state index in [4.69, 9.17) is 19.3 Å². The molecule has 38 heavy (non-hydrogen) atoms. The van der Waals surface area contributed by atoms with Crippen molar-refractivity contribution in [3.05, 3.63) is 41.7 Å². The molecule has 1 saturated heterocycles. The summed E-state index contributed by atoms with van der Waals surface area (Å²) in [6.07, 6.45) is -12.2. The lowest BCUT2D eigenvalue weighted by molar-refractivity contribution is -0.271. The zero-order chi connectivity index (χ0) is 27.8. The summed E-state index contributed by atoms with van der Waals surface area (Å²) in [5, 5.41) is 39.1. The molecule has 0 spiro atoms. The van der Waals surface area contributed by atoms with Crippen LogP contribution in [0.25, 0.3) is 11.0 Å². The number of nitrogens with one attached hydrogen (secondary N) is 1. The van der Waals surface area contributed by atoms with Crippen molar-refractivity contribution < 1.29 is 56.8 Å². The Balaban J connectivity index is 1.48. The Labute approximate surface area is 214 Å². The smallest absolute Gasteiger partial charge is 0.422 e. The molecule has 4 rings (SSSR count). The molecule has 0 aliphatic carbocycles. The van der Waals surface area contributed by atoms with Crippen molar-refractivity contribution in [1.29, 1.82) is 0 Å². The number of aliphatic carboxylic acids is 1. The van der Waals surface area contributed by atoms with Gasteiger partial charge >= 0.3 is 12.1 Å². The largest absolute Gasteiger partial charge is 0.484 e. The number of carbonyl (C=O) groups is 1. The number of aliphatic hydroxyl groups is 3. The highest BCUT2D eigenvalue weighted by molar-refractivity contribution is 7.84. The monoisotopic (exact) mass is 561 g/mol. The molecule has 12 nitrogen and oxygen atoms in total. The van der Waals surface area contributed by atoms with Gasteiger partial charge in [0.05, 0.1) is 33.3 Å². The summed E-state index contributed by atoms with van der Waals surface area (Å²) >= 11 is 0. The van der Waals surface area contributed by atoms with Gasteiger partial charge in [0.15, 0.2) is 17.9 Å². The molecule has 1 aliphatic heterocycles. The summed E-state index contributed by atoms with van der Waals surface area (Å²) in [6.45, 7) is 0.0217. The second kappa shape index (κ2) is 10.8. The number of aliphatic hydroxyl groups excluding tert-OH is 3. The highest BCUT2D eigenvalue weighted by Crippen LogP contribution is 2.28. The van der Waals surface area contributed by atoms with Gasteiger partial charge in [-0.15, -0.1) is 0 Å². The number of aromatic amines is 1. The Hall–Kier alpha value is -3.31. The summed E-state index contributed by atoms with van der Waals surface area (Å²) in [4.78, 5) is 22.4. The van der Waals surface area contributed by atoms with Crippen LogP contribution in [0.3, 0.4) is 0 Å². The van der Waals surface area contributed by atoms with Crippen LogP contribution in [0.4, 0.5) is 13.2 Å². The molecule has 1 fully saturated rings. The molecule has 0 saturated carbocycles. The van der Waals surface area contributed by atoms with E-state index in [0.717, 1.165) is 0 Å². The predicted octanol–water partition coefficient (Wildman–Crippen LogP) is 0.786. The highest BCUT2D eigenvalue weighted by Gasteiger charge is 2.48. The van der Waals surface area contributed by atoms with Gasteiger partial charge in [-0.05, 0) is 25.1 Å². The third kappa shape index (κ3) is 6.05. The van der Waals surface area contributed by atoms with E-state index >= 15 is 0 Å². The van der Waals surface area contributed by atoms with E-state index in [0.29, 0.717) is 16.6 Å². The van der Waals surface area contributed by atoms with Gasteiger partial charge in [0, 0.05) is 17.8 Å². The van der Waals surface area contributed by atoms with Crippen LogP contribution in [0.2, 0.25) is 0 Å². The average molecular weight is 561 g/mol. The maximum atomic E-state index is 12.9. The van der Waals surface area contributed by atoms with Gasteiger partial charge in [-0.2, -0.15) is 13.2 Å². The molecule has 1 aromatic carbocycles. The van der Waals surface area contributed by atoms with Crippen LogP contribution in [-0.2, 0) is 26.1 Å². The number of fused-ring (bicyclic) bond motifs is 1. The summed E-state index contributed by atoms with van der Waals surface area (Å²) in [5.74, 6) is -1.69. The lowest BCUT2D eigenvalue weighted by Crippen LogP contribution is -2.61. The van der Waals surface area contributed by atoms with Crippen molar-refractivity contribution in [2.45, 2.75) is 54.7 Å². The molecular formula is C22H22F3N3O9S. The lowest BCUT2D eigenvalue weighted by atomic mass is 9.99. The molecule has 0 bridgehead atoms. The predicted molar refractivity (Wildman–Crippen MR) is 122 cm³/mol. The highest BCUT2D eigenvalue weighted by atomic mass is 32.2. The van der Waals surface area contributed by atoms with E-state index in [2.05, 4.69) is 15.0 Å². The number of hydrogen-bond donors (Lipinski definition) is 5. The molecule has 6 atom stereocenters. The van der Waals surface area contributed by atoms with Crippen LogP contribution in [0.15, 0.2) is 35.6 Å². The zero-order valence-corrected chi connectivity index (χ0v) is 20.3. The van der Waals surface area contributed by atoms with Crippen molar-refractivity contribution in [2.24, 2.45) is 0 Å². The molecule has 0 radical (unpaired) electrons. The Morgan fingerprint density at radius 3 is 2.61 bits per heavy atom. The first kappa shape index (κ1) is 27.7. The molecule has 1 unspecified atom stereocenters. The van der Waals surface area contributed by atoms with E-state index in [1.54, 1.807) is 0 Å². The fourth-order valence-electron chi connectivity index (χ4n) is 3.64. The Kier molecular flexibility index (Phi) is 7.89. The van der Waals surface area contributed by atoms with E-state index in [9.17, 15) is 37.5 Å². The van der Waals surface area contributed by atoms with E-state index < -0.39 is 60.3 Å². The molecule has 3 aromatic rings. The first-order chi connectivity index (χ1) is 17.8. The number of ether oxygens (including phenoxy) is 3. The number of rotatable bonds is 8. The number of H-pyrrole nitrogens is 1. The van der Waals surface area contributed by atoms with Gasteiger partial charge in [-0.25, -0.2) is 9.78 Å². The minimum atomic E-state index is -4.52. The average Bonchev–Trinajstić information content (AvgIpc) is 3.28. The molecule has 206 valence electrons. The summed E-state index contributed by atoms with van der Waals surface area (Å²) in [7, 11) is -1.78. The van der Waals surface area contributed by atoms with Crippen LogP contribution in [0.1, 0.15) is 11.3 Å². The van der Waals surface area contributed by atoms with Gasteiger partial charge in [-0.1, -0.05) is 0 Å². The fourth-order valence-corrected chi connectivity index (χ4v) is 4.74. The second-order valence-electron chi connectivity index (χ2n) is 8.35. The normalized spacial score (nSPS) is 24.8. The third-order valence-electron chi connectivity index (χ3n) is 5.63. The molecule has 5 N–H and O–H groups in total. The maximum absolute atomic E-state index is 12.9. The van der Waals surface area contributed by atoms with Crippen molar-refractivity contribution >= 4 is 27.8 Å². The number of nitrogens with zero attached hydrogens (tertiary/aromatic N) is 2. The van der Waals surface area contributed by atoms with E-state index in [1.165, 1.54) is 37.4 Å². The molecule has 1 aliphatic rings. The molecule has 2 aromatic heterocycles.